The summed E-state index contributed by atoms with van der Waals surface area (Å²) < 4.78 is 20.8. The Balaban J connectivity index is 1.43. The van der Waals surface area contributed by atoms with Gasteiger partial charge in [0.2, 0.25) is 0 Å². The second-order valence-corrected chi connectivity index (χ2v) is 11.5. The highest BCUT2D eigenvalue weighted by molar-refractivity contribution is 5.82. The van der Waals surface area contributed by atoms with Crippen LogP contribution in [0.1, 0.15) is 141 Å². The van der Waals surface area contributed by atoms with E-state index in [1.54, 1.807) is 0 Å². The second kappa shape index (κ2) is 16.3. The first-order chi connectivity index (χ1) is 17.6. The zero-order valence-corrected chi connectivity index (χ0v) is 23.2. The molecule has 0 amide bonds. The van der Waals surface area contributed by atoms with E-state index in [4.69, 9.17) is 4.42 Å². The normalized spacial score (nSPS) is 18.2. The Hall–Kier alpha value is -1.64. The monoisotopic (exact) mass is 498 g/mol. The summed E-state index contributed by atoms with van der Waals surface area (Å²) in [6.07, 6.45) is 24.5. The van der Waals surface area contributed by atoms with Gasteiger partial charge in [0.25, 0.3) is 0 Å². The molecule has 0 aliphatic heterocycles. The summed E-state index contributed by atoms with van der Waals surface area (Å²) >= 11 is 0. The SMILES string of the molecule is CCCCCCCCCCCCc1cc2ccc(CCC3CCC(CCCC)CC3)c(F)c2c(=O)o1. The lowest BCUT2D eigenvalue weighted by atomic mass is 9.78. The van der Waals surface area contributed by atoms with E-state index in [1.165, 1.54) is 96.3 Å². The minimum absolute atomic E-state index is 0.141. The van der Waals surface area contributed by atoms with Crippen molar-refractivity contribution in [2.24, 2.45) is 11.8 Å². The van der Waals surface area contributed by atoms with Gasteiger partial charge < -0.3 is 4.42 Å². The van der Waals surface area contributed by atoms with E-state index in [2.05, 4.69) is 13.8 Å². The molecule has 1 aromatic carbocycles. The average Bonchev–Trinajstić information content (AvgIpc) is 2.88. The zero-order chi connectivity index (χ0) is 25.6. The van der Waals surface area contributed by atoms with Crippen LogP contribution in [0.25, 0.3) is 10.8 Å². The minimum Gasteiger partial charge on any atom is -0.427 e. The molecule has 1 fully saturated rings. The van der Waals surface area contributed by atoms with E-state index in [9.17, 15) is 4.79 Å². The van der Waals surface area contributed by atoms with Crippen molar-refractivity contribution in [2.45, 2.75) is 142 Å². The molecule has 0 spiro atoms. The van der Waals surface area contributed by atoms with Gasteiger partial charge in [0, 0.05) is 6.42 Å². The first-order valence-corrected chi connectivity index (χ1v) is 15.4. The van der Waals surface area contributed by atoms with E-state index >= 15 is 4.39 Å². The lowest BCUT2D eigenvalue weighted by Crippen LogP contribution is -2.15. The Morgan fingerprint density at radius 3 is 1.97 bits per heavy atom. The molecule has 0 atom stereocenters. The van der Waals surface area contributed by atoms with Gasteiger partial charge >= 0.3 is 5.63 Å². The van der Waals surface area contributed by atoms with Gasteiger partial charge in [-0.05, 0) is 48.1 Å². The van der Waals surface area contributed by atoms with Crippen LogP contribution in [0.5, 0.6) is 0 Å². The van der Waals surface area contributed by atoms with Crippen molar-refractivity contribution in [2.75, 3.05) is 0 Å². The maximum absolute atomic E-state index is 15.3. The van der Waals surface area contributed by atoms with Crippen LogP contribution in [0.15, 0.2) is 27.4 Å². The van der Waals surface area contributed by atoms with Crippen LogP contribution >= 0.6 is 0 Å². The Morgan fingerprint density at radius 1 is 0.750 bits per heavy atom. The molecular weight excluding hydrogens is 447 g/mol. The summed E-state index contributed by atoms with van der Waals surface area (Å²) in [5.74, 6) is 1.93. The van der Waals surface area contributed by atoms with E-state index in [0.29, 0.717) is 29.0 Å². The Morgan fingerprint density at radius 2 is 1.33 bits per heavy atom. The predicted octanol–water partition coefficient (Wildman–Crippen LogP) is 10.3. The number of hydrogen-bond acceptors (Lipinski definition) is 2. The standard InChI is InChI=1S/C33H51FO2/c1-3-5-7-8-9-10-11-12-13-14-16-30-25-29-24-23-28(32(34)31(29)33(35)36-30)22-21-27-19-17-26(18-20-27)15-6-4-2/h23-27H,3-22H2,1-2H3. The Bertz CT molecular complexity index is 939. The lowest BCUT2D eigenvalue weighted by Gasteiger charge is -2.28. The summed E-state index contributed by atoms with van der Waals surface area (Å²) in [7, 11) is 0. The number of aryl methyl sites for hydroxylation is 2. The van der Waals surface area contributed by atoms with Crippen LogP contribution in [-0.4, -0.2) is 0 Å². The van der Waals surface area contributed by atoms with Crippen molar-refractivity contribution >= 4 is 10.8 Å². The summed E-state index contributed by atoms with van der Waals surface area (Å²) in [5, 5.41) is 0.827. The Labute approximate surface area is 219 Å². The van der Waals surface area contributed by atoms with Crippen LogP contribution in [0.3, 0.4) is 0 Å². The quantitative estimate of drug-likeness (QED) is 0.203. The molecule has 1 saturated carbocycles. The number of halogens is 1. The molecule has 1 aromatic heterocycles. The molecular formula is C33H51FO2. The first kappa shape index (κ1) is 28.9. The maximum atomic E-state index is 15.3. The third kappa shape index (κ3) is 9.34. The number of rotatable bonds is 17. The van der Waals surface area contributed by atoms with Crippen LogP contribution in [0.2, 0.25) is 0 Å². The van der Waals surface area contributed by atoms with Crippen LogP contribution in [0.4, 0.5) is 4.39 Å². The smallest absolute Gasteiger partial charge is 0.346 e. The maximum Gasteiger partial charge on any atom is 0.346 e. The average molecular weight is 499 g/mol. The molecule has 2 nitrogen and oxygen atoms in total. The highest BCUT2D eigenvalue weighted by atomic mass is 19.1. The summed E-state index contributed by atoms with van der Waals surface area (Å²) in [5.41, 5.74) is 0.163. The van der Waals surface area contributed by atoms with Crippen molar-refractivity contribution in [3.05, 3.63) is 45.8 Å². The number of hydrogen-bond donors (Lipinski definition) is 0. The molecule has 0 saturated heterocycles. The zero-order valence-electron chi connectivity index (χ0n) is 23.2. The molecule has 3 rings (SSSR count). The summed E-state index contributed by atoms with van der Waals surface area (Å²) in [6.45, 7) is 4.52. The van der Waals surface area contributed by atoms with Crippen molar-refractivity contribution < 1.29 is 8.81 Å². The van der Waals surface area contributed by atoms with Gasteiger partial charge in [-0.2, -0.15) is 0 Å². The molecule has 2 aromatic rings. The fraction of sp³-hybridized carbons (Fsp3) is 0.727. The van der Waals surface area contributed by atoms with E-state index in [0.717, 1.165) is 31.6 Å². The van der Waals surface area contributed by atoms with E-state index in [1.807, 2.05) is 18.2 Å². The van der Waals surface area contributed by atoms with Gasteiger partial charge in [0.15, 0.2) is 0 Å². The number of fused-ring (bicyclic) bond motifs is 1. The van der Waals surface area contributed by atoms with Gasteiger partial charge in [-0.3, -0.25) is 0 Å². The topological polar surface area (TPSA) is 30.2 Å². The first-order valence-electron chi connectivity index (χ1n) is 15.4. The third-order valence-electron chi connectivity index (χ3n) is 8.53. The lowest BCUT2D eigenvalue weighted by molar-refractivity contribution is 0.249. The summed E-state index contributed by atoms with van der Waals surface area (Å²) in [6, 6.07) is 5.71. The van der Waals surface area contributed by atoms with Crippen molar-refractivity contribution in [1.82, 2.24) is 0 Å². The number of unbranched alkanes of at least 4 members (excludes halogenated alkanes) is 10. The fourth-order valence-electron chi connectivity index (χ4n) is 6.10. The van der Waals surface area contributed by atoms with Crippen LogP contribution in [0, 0.1) is 17.7 Å². The Kier molecular flexibility index (Phi) is 13.1. The number of benzene rings is 1. The molecule has 1 heterocycles. The van der Waals surface area contributed by atoms with E-state index in [-0.39, 0.29) is 11.2 Å². The van der Waals surface area contributed by atoms with Gasteiger partial charge in [-0.1, -0.05) is 129 Å². The predicted molar refractivity (Wildman–Crippen MR) is 151 cm³/mol. The van der Waals surface area contributed by atoms with Gasteiger partial charge in [-0.15, -0.1) is 0 Å². The highest BCUT2D eigenvalue weighted by Crippen LogP contribution is 2.34. The van der Waals surface area contributed by atoms with Crippen molar-refractivity contribution in [1.29, 1.82) is 0 Å². The summed E-state index contributed by atoms with van der Waals surface area (Å²) in [4.78, 5) is 12.7. The molecule has 0 bridgehead atoms. The van der Waals surface area contributed by atoms with Gasteiger partial charge in [0.1, 0.15) is 17.0 Å². The third-order valence-corrected chi connectivity index (χ3v) is 8.53. The van der Waals surface area contributed by atoms with Crippen molar-refractivity contribution in [3.63, 3.8) is 0 Å². The molecule has 1 aliphatic carbocycles. The minimum atomic E-state index is -0.509. The highest BCUT2D eigenvalue weighted by Gasteiger charge is 2.21. The molecule has 3 heteroatoms. The molecule has 0 unspecified atom stereocenters. The fourth-order valence-corrected chi connectivity index (χ4v) is 6.10. The second-order valence-electron chi connectivity index (χ2n) is 11.5. The molecule has 36 heavy (non-hydrogen) atoms. The molecule has 202 valence electrons. The van der Waals surface area contributed by atoms with Crippen molar-refractivity contribution in [3.8, 4) is 0 Å². The van der Waals surface area contributed by atoms with E-state index < -0.39 is 5.63 Å². The largest absolute Gasteiger partial charge is 0.427 e. The molecule has 0 N–H and O–H groups in total. The molecule has 0 radical (unpaired) electrons. The van der Waals surface area contributed by atoms with Gasteiger partial charge in [-0.25, -0.2) is 9.18 Å². The van der Waals surface area contributed by atoms with Gasteiger partial charge in [0.05, 0.1) is 0 Å². The molecule has 1 aliphatic rings. The van der Waals surface area contributed by atoms with Crippen LogP contribution < -0.4 is 5.63 Å². The van der Waals surface area contributed by atoms with Crippen LogP contribution in [-0.2, 0) is 12.8 Å².